The highest BCUT2D eigenvalue weighted by Crippen LogP contribution is 2.25. The molecule has 4 heteroatoms. The van der Waals surface area contributed by atoms with Crippen LogP contribution in [0.1, 0.15) is 30.9 Å². The van der Waals surface area contributed by atoms with Gasteiger partial charge in [-0.3, -0.25) is 4.57 Å². The Labute approximate surface area is 99.2 Å². The van der Waals surface area contributed by atoms with Crippen LogP contribution in [0.25, 0.3) is 11.1 Å². The number of benzene rings is 1. The molecule has 0 saturated carbocycles. The summed E-state index contributed by atoms with van der Waals surface area (Å²) in [5, 5.41) is 3.51. The van der Waals surface area contributed by atoms with Crippen LogP contribution < -0.4 is 11.1 Å². The zero-order valence-electron chi connectivity index (χ0n) is 9.90. The van der Waals surface area contributed by atoms with E-state index in [2.05, 4.69) is 11.4 Å². The van der Waals surface area contributed by atoms with Crippen molar-refractivity contribution < 1.29 is 4.42 Å². The van der Waals surface area contributed by atoms with Crippen molar-refractivity contribution in [2.24, 2.45) is 7.05 Å². The molecule has 1 fully saturated rings. The minimum Gasteiger partial charge on any atom is -0.408 e. The van der Waals surface area contributed by atoms with Gasteiger partial charge in [-0.25, -0.2) is 4.79 Å². The number of aryl methyl sites for hydroxylation is 1. The normalized spacial score (nSPS) is 20.9. The number of nitrogens with zero attached hydrogens (tertiary/aromatic N) is 1. The molecule has 1 unspecified atom stereocenters. The molecule has 4 nitrogen and oxygen atoms in total. The third kappa shape index (κ3) is 1.78. The van der Waals surface area contributed by atoms with Crippen molar-refractivity contribution >= 4 is 11.1 Å². The molecule has 1 aromatic heterocycles. The smallest absolute Gasteiger partial charge is 0.408 e. The van der Waals surface area contributed by atoms with Gasteiger partial charge in [-0.05, 0) is 37.1 Å². The second-order valence-corrected chi connectivity index (χ2v) is 4.66. The van der Waals surface area contributed by atoms with Crippen molar-refractivity contribution in [3.8, 4) is 0 Å². The van der Waals surface area contributed by atoms with Crippen molar-refractivity contribution in [1.82, 2.24) is 9.88 Å². The number of rotatable bonds is 1. The van der Waals surface area contributed by atoms with Crippen molar-refractivity contribution in [2.45, 2.75) is 25.3 Å². The predicted molar refractivity (Wildman–Crippen MR) is 66.0 cm³/mol. The molecule has 0 spiro atoms. The number of aromatic nitrogens is 1. The van der Waals surface area contributed by atoms with E-state index in [-0.39, 0.29) is 5.76 Å². The van der Waals surface area contributed by atoms with E-state index in [1.54, 1.807) is 11.6 Å². The SMILES string of the molecule is Cn1c(=O)oc2ccc(C3CCCCN3)cc21. The highest BCUT2D eigenvalue weighted by Gasteiger charge is 2.16. The molecule has 0 radical (unpaired) electrons. The summed E-state index contributed by atoms with van der Waals surface area (Å²) in [4.78, 5) is 11.4. The zero-order chi connectivity index (χ0) is 11.8. The van der Waals surface area contributed by atoms with Gasteiger partial charge in [0.1, 0.15) is 0 Å². The van der Waals surface area contributed by atoms with Gasteiger partial charge in [0.2, 0.25) is 0 Å². The van der Waals surface area contributed by atoms with Crippen LogP contribution in [0.2, 0.25) is 0 Å². The Morgan fingerprint density at radius 2 is 2.29 bits per heavy atom. The molecule has 1 N–H and O–H groups in total. The minimum atomic E-state index is -0.297. The van der Waals surface area contributed by atoms with E-state index in [0.29, 0.717) is 11.6 Å². The van der Waals surface area contributed by atoms with Gasteiger partial charge in [0.15, 0.2) is 5.58 Å². The van der Waals surface area contributed by atoms with Gasteiger partial charge >= 0.3 is 5.76 Å². The largest absolute Gasteiger partial charge is 0.419 e. The second kappa shape index (κ2) is 4.04. The zero-order valence-corrected chi connectivity index (χ0v) is 9.90. The molecule has 1 atom stereocenters. The average Bonchev–Trinajstić information content (AvgIpc) is 2.66. The van der Waals surface area contributed by atoms with Crippen LogP contribution in [-0.4, -0.2) is 11.1 Å². The summed E-state index contributed by atoms with van der Waals surface area (Å²) in [7, 11) is 1.74. The van der Waals surface area contributed by atoms with Gasteiger partial charge in [0.05, 0.1) is 5.52 Å². The van der Waals surface area contributed by atoms with E-state index in [1.165, 1.54) is 18.4 Å². The van der Waals surface area contributed by atoms with Gasteiger partial charge < -0.3 is 9.73 Å². The Morgan fingerprint density at radius 1 is 1.41 bits per heavy atom. The van der Waals surface area contributed by atoms with E-state index in [0.717, 1.165) is 18.5 Å². The maximum absolute atomic E-state index is 11.4. The number of piperidine rings is 1. The van der Waals surface area contributed by atoms with E-state index in [9.17, 15) is 4.79 Å². The maximum Gasteiger partial charge on any atom is 0.419 e. The Morgan fingerprint density at radius 3 is 3.06 bits per heavy atom. The summed E-state index contributed by atoms with van der Waals surface area (Å²) >= 11 is 0. The van der Waals surface area contributed by atoms with Crippen LogP contribution in [0.4, 0.5) is 0 Å². The topological polar surface area (TPSA) is 47.2 Å². The van der Waals surface area contributed by atoms with Crippen LogP contribution in [0.5, 0.6) is 0 Å². The van der Waals surface area contributed by atoms with Gasteiger partial charge in [0, 0.05) is 13.1 Å². The first-order valence-corrected chi connectivity index (χ1v) is 6.08. The highest BCUT2D eigenvalue weighted by atomic mass is 16.4. The summed E-state index contributed by atoms with van der Waals surface area (Å²) in [5.74, 6) is -0.297. The maximum atomic E-state index is 11.4. The third-order valence-corrected chi connectivity index (χ3v) is 3.53. The van der Waals surface area contributed by atoms with Crippen LogP contribution in [0.3, 0.4) is 0 Å². The minimum absolute atomic E-state index is 0.297. The molecule has 2 heterocycles. The summed E-state index contributed by atoms with van der Waals surface area (Å²) in [6, 6.07) is 6.41. The summed E-state index contributed by atoms with van der Waals surface area (Å²) in [5.41, 5.74) is 2.78. The average molecular weight is 232 g/mol. The van der Waals surface area contributed by atoms with Crippen molar-refractivity contribution in [3.63, 3.8) is 0 Å². The molecule has 1 aliphatic rings. The lowest BCUT2D eigenvalue weighted by atomic mass is 9.97. The molecule has 1 aliphatic heterocycles. The fraction of sp³-hybridized carbons (Fsp3) is 0.462. The first-order valence-electron chi connectivity index (χ1n) is 6.08. The number of hydrogen-bond acceptors (Lipinski definition) is 3. The lowest BCUT2D eigenvalue weighted by Crippen LogP contribution is -2.26. The fourth-order valence-corrected chi connectivity index (χ4v) is 2.50. The Balaban J connectivity index is 2.05. The van der Waals surface area contributed by atoms with Crippen LogP contribution in [-0.2, 0) is 7.05 Å². The summed E-state index contributed by atoms with van der Waals surface area (Å²) in [6.45, 7) is 1.08. The molecule has 0 amide bonds. The van der Waals surface area contributed by atoms with Crippen LogP contribution >= 0.6 is 0 Å². The van der Waals surface area contributed by atoms with Gasteiger partial charge in [-0.15, -0.1) is 0 Å². The third-order valence-electron chi connectivity index (χ3n) is 3.53. The van der Waals surface area contributed by atoms with E-state index < -0.39 is 0 Å². The first-order chi connectivity index (χ1) is 8.25. The monoisotopic (exact) mass is 232 g/mol. The molecule has 3 rings (SSSR count). The predicted octanol–water partition coefficient (Wildman–Crippen LogP) is 1.95. The molecule has 2 aromatic rings. The fourth-order valence-electron chi connectivity index (χ4n) is 2.50. The lowest BCUT2D eigenvalue weighted by molar-refractivity contribution is 0.412. The number of nitrogens with one attached hydrogen (secondary N) is 1. The van der Waals surface area contributed by atoms with Gasteiger partial charge in [-0.1, -0.05) is 12.5 Å². The molecule has 1 saturated heterocycles. The van der Waals surface area contributed by atoms with Crippen LogP contribution in [0.15, 0.2) is 27.4 Å². The quantitative estimate of drug-likeness (QED) is 0.817. The van der Waals surface area contributed by atoms with Crippen molar-refractivity contribution in [2.75, 3.05) is 6.54 Å². The Hall–Kier alpha value is -1.55. The van der Waals surface area contributed by atoms with Crippen molar-refractivity contribution in [1.29, 1.82) is 0 Å². The Bertz CT molecular complexity index is 591. The number of oxazole rings is 1. The number of hydrogen-bond donors (Lipinski definition) is 1. The van der Waals surface area contributed by atoms with Crippen LogP contribution in [0, 0.1) is 0 Å². The lowest BCUT2D eigenvalue weighted by Gasteiger charge is -2.23. The number of fused-ring (bicyclic) bond motifs is 1. The van der Waals surface area contributed by atoms with Crippen molar-refractivity contribution in [3.05, 3.63) is 34.3 Å². The van der Waals surface area contributed by atoms with Gasteiger partial charge in [0.25, 0.3) is 0 Å². The second-order valence-electron chi connectivity index (χ2n) is 4.66. The molecule has 1 aromatic carbocycles. The Kier molecular flexibility index (Phi) is 2.52. The molecule has 0 bridgehead atoms. The molecular weight excluding hydrogens is 216 g/mol. The molecule has 17 heavy (non-hydrogen) atoms. The standard InChI is InChI=1S/C13H16N2O2/c1-15-11-8-9(10-4-2-3-7-14-10)5-6-12(11)17-13(15)16/h5-6,8,10,14H,2-4,7H2,1H3. The van der Waals surface area contributed by atoms with E-state index >= 15 is 0 Å². The summed E-state index contributed by atoms with van der Waals surface area (Å²) < 4.78 is 6.69. The molecule has 0 aliphatic carbocycles. The first kappa shape index (κ1) is 10.6. The highest BCUT2D eigenvalue weighted by molar-refractivity contribution is 5.73. The molecule has 90 valence electrons. The van der Waals surface area contributed by atoms with E-state index in [4.69, 9.17) is 4.42 Å². The molecular formula is C13H16N2O2. The van der Waals surface area contributed by atoms with Gasteiger partial charge in [-0.2, -0.15) is 0 Å². The summed E-state index contributed by atoms with van der Waals surface area (Å²) in [6.07, 6.45) is 3.68. The van der Waals surface area contributed by atoms with E-state index in [1.807, 2.05) is 12.1 Å².